The van der Waals surface area contributed by atoms with Gasteiger partial charge in [-0.25, -0.2) is 23.9 Å². The van der Waals surface area contributed by atoms with Crippen LogP contribution in [0.25, 0.3) is 5.65 Å². The smallest absolute Gasteiger partial charge is 0.437 e. The molecule has 2 aromatic heterocycles. The molecular weight excluding hydrogens is 584 g/mol. The Kier molecular flexibility index (Phi) is 10.5. The van der Waals surface area contributed by atoms with Crippen LogP contribution in [0, 0.1) is 0 Å². The van der Waals surface area contributed by atoms with E-state index in [0.717, 1.165) is 0 Å². The number of carbonyl (C=O) groups excluding carboxylic acids is 4. The summed E-state index contributed by atoms with van der Waals surface area (Å²) < 4.78 is 22.9. The topological polar surface area (TPSA) is 172 Å². The van der Waals surface area contributed by atoms with Crippen LogP contribution in [0.5, 0.6) is 5.75 Å². The molecule has 0 aliphatic rings. The van der Waals surface area contributed by atoms with Crippen LogP contribution in [0.3, 0.4) is 0 Å². The van der Waals surface area contributed by atoms with E-state index in [1.165, 1.54) is 35.1 Å². The summed E-state index contributed by atoms with van der Waals surface area (Å²) in [6.07, 6.45) is 0.0409. The lowest BCUT2D eigenvalue weighted by molar-refractivity contribution is -0.154. The monoisotopic (exact) mass is 624 g/mol. The SMILES string of the molecule is CC(C)(C)OC(=O)CCc1ccc(OC(=O)c2ccc(N/C(=N/C(=O)OC(C)(C)C)NC(=O)OC(C)(C)C)cc2)c2ncnn12. The molecule has 14 heteroatoms. The zero-order valence-electron chi connectivity index (χ0n) is 27.0. The number of nitrogens with one attached hydrogen (secondary N) is 2. The molecule has 0 atom stereocenters. The van der Waals surface area contributed by atoms with Gasteiger partial charge < -0.3 is 24.3 Å². The highest BCUT2D eigenvalue weighted by Crippen LogP contribution is 2.22. The van der Waals surface area contributed by atoms with Gasteiger partial charge in [-0.1, -0.05) is 0 Å². The largest absolute Gasteiger partial charge is 0.460 e. The predicted molar refractivity (Wildman–Crippen MR) is 165 cm³/mol. The van der Waals surface area contributed by atoms with Crippen LogP contribution >= 0.6 is 0 Å². The summed E-state index contributed by atoms with van der Waals surface area (Å²) in [6, 6.07) is 9.32. The quantitative estimate of drug-likeness (QED) is 0.155. The number of guanidine groups is 1. The Bertz CT molecular complexity index is 1570. The van der Waals surface area contributed by atoms with Gasteiger partial charge in [0.25, 0.3) is 0 Å². The standard InChI is InChI=1S/C31H40N6O8/c1-29(2,3)43-23(38)17-15-21-14-16-22(24-32-18-33-37(21)24)42-25(39)19-10-12-20(13-11-19)34-26(35-27(40)44-30(4,5)6)36-28(41)45-31(7,8)9/h10-14,16,18H,15,17H2,1-9H3,(H2,34,35,36,40,41). The Morgan fingerprint density at radius 3 is 2.04 bits per heavy atom. The van der Waals surface area contributed by atoms with Gasteiger partial charge in [-0.3, -0.25) is 10.1 Å². The van der Waals surface area contributed by atoms with Gasteiger partial charge in [-0.2, -0.15) is 5.10 Å². The summed E-state index contributed by atoms with van der Waals surface area (Å²) >= 11 is 0. The highest BCUT2D eigenvalue weighted by atomic mass is 16.6. The van der Waals surface area contributed by atoms with Crippen LogP contribution in [0.1, 0.15) is 84.8 Å². The third-order valence-electron chi connectivity index (χ3n) is 5.27. The number of rotatable bonds is 6. The molecule has 0 saturated heterocycles. The third-order valence-corrected chi connectivity index (χ3v) is 5.27. The lowest BCUT2D eigenvalue weighted by Crippen LogP contribution is -2.40. The summed E-state index contributed by atoms with van der Waals surface area (Å²) in [7, 11) is 0. The number of benzene rings is 1. The lowest BCUT2D eigenvalue weighted by atomic mass is 10.2. The molecular formula is C31H40N6O8. The first-order valence-electron chi connectivity index (χ1n) is 14.2. The van der Waals surface area contributed by atoms with Crippen molar-refractivity contribution in [2.45, 2.75) is 92.0 Å². The third kappa shape index (κ3) is 11.5. The summed E-state index contributed by atoms with van der Waals surface area (Å²) in [5.74, 6) is -1.07. The average molecular weight is 625 g/mol. The van der Waals surface area contributed by atoms with E-state index in [1.807, 2.05) is 0 Å². The van der Waals surface area contributed by atoms with Crippen LogP contribution in [0.2, 0.25) is 0 Å². The number of nitrogens with zero attached hydrogens (tertiary/aromatic N) is 4. The fourth-order valence-corrected chi connectivity index (χ4v) is 3.68. The number of esters is 2. The molecule has 242 valence electrons. The number of aromatic nitrogens is 3. The van der Waals surface area contributed by atoms with Crippen molar-refractivity contribution in [1.29, 1.82) is 0 Å². The zero-order chi connectivity index (χ0) is 33.6. The molecule has 0 aliphatic heterocycles. The van der Waals surface area contributed by atoms with E-state index in [2.05, 4.69) is 25.7 Å². The number of anilines is 1. The molecule has 0 saturated carbocycles. The van der Waals surface area contributed by atoms with E-state index in [9.17, 15) is 19.2 Å². The van der Waals surface area contributed by atoms with Crippen LogP contribution in [-0.2, 0) is 25.4 Å². The van der Waals surface area contributed by atoms with Crippen LogP contribution in [0.15, 0.2) is 47.7 Å². The predicted octanol–water partition coefficient (Wildman–Crippen LogP) is 5.45. The van der Waals surface area contributed by atoms with Gasteiger partial charge in [0, 0.05) is 17.8 Å². The van der Waals surface area contributed by atoms with E-state index in [1.54, 1.807) is 74.4 Å². The van der Waals surface area contributed by atoms with Crippen LogP contribution in [-0.4, -0.2) is 61.5 Å². The molecule has 0 unspecified atom stereocenters. The number of amides is 2. The van der Waals surface area contributed by atoms with Crippen molar-refractivity contribution in [3.05, 3.63) is 54.0 Å². The van der Waals surface area contributed by atoms with Gasteiger partial charge in [0.1, 0.15) is 23.1 Å². The van der Waals surface area contributed by atoms with E-state index < -0.39 is 35.0 Å². The van der Waals surface area contributed by atoms with E-state index in [4.69, 9.17) is 18.9 Å². The van der Waals surface area contributed by atoms with Crippen molar-refractivity contribution in [3.63, 3.8) is 0 Å². The fraction of sp³-hybridized carbons (Fsp3) is 0.452. The van der Waals surface area contributed by atoms with Crippen LogP contribution in [0.4, 0.5) is 15.3 Å². The molecule has 0 aliphatic carbocycles. The second-order valence-electron chi connectivity index (χ2n) is 12.9. The number of ether oxygens (including phenoxy) is 4. The van der Waals surface area contributed by atoms with Crippen molar-refractivity contribution < 1.29 is 38.1 Å². The first-order valence-corrected chi connectivity index (χ1v) is 14.2. The summed E-state index contributed by atoms with van der Waals surface area (Å²) in [5, 5.41) is 9.42. The van der Waals surface area contributed by atoms with Crippen molar-refractivity contribution >= 4 is 41.4 Å². The summed E-state index contributed by atoms with van der Waals surface area (Å²) in [4.78, 5) is 57.8. The number of carbonyl (C=O) groups is 4. The molecule has 45 heavy (non-hydrogen) atoms. The Labute approximate surface area is 261 Å². The van der Waals surface area contributed by atoms with Gasteiger partial charge >= 0.3 is 24.1 Å². The molecule has 2 heterocycles. The zero-order valence-corrected chi connectivity index (χ0v) is 27.0. The molecule has 0 fully saturated rings. The number of pyridine rings is 1. The minimum atomic E-state index is -0.933. The summed E-state index contributed by atoms with van der Waals surface area (Å²) in [6.45, 7) is 15.5. The van der Waals surface area contributed by atoms with E-state index in [0.29, 0.717) is 23.4 Å². The molecule has 2 amide bonds. The Morgan fingerprint density at radius 2 is 1.44 bits per heavy atom. The number of aliphatic imine (C=N–C) groups is 1. The normalized spacial score (nSPS) is 12.3. The number of hydrogen-bond acceptors (Lipinski definition) is 10. The van der Waals surface area contributed by atoms with Crippen LogP contribution < -0.4 is 15.4 Å². The lowest BCUT2D eigenvalue weighted by Gasteiger charge is -2.21. The second-order valence-corrected chi connectivity index (χ2v) is 12.9. The van der Waals surface area contributed by atoms with Gasteiger partial charge in [-0.15, -0.1) is 4.99 Å². The fourth-order valence-electron chi connectivity index (χ4n) is 3.68. The number of aryl methyl sites for hydroxylation is 1. The maximum absolute atomic E-state index is 13.0. The van der Waals surface area contributed by atoms with Crippen molar-refractivity contribution in [2.24, 2.45) is 4.99 Å². The highest BCUT2D eigenvalue weighted by molar-refractivity contribution is 6.06. The average Bonchev–Trinajstić information content (AvgIpc) is 3.36. The first kappa shape index (κ1) is 34.5. The molecule has 3 rings (SSSR count). The summed E-state index contributed by atoms with van der Waals surface area (Å²) in [5.41, 5.74) is -0.595. The Morgan fingerprint density at radius 1 is 0.822 bits per heavy atom. The molecule has 0 spiro atoms. The minimum Gasteiger partial charge on any atom is -0.460 e. The van der Waals surface area contributed by atoms with E-state index >= 15 is 0 Å². The van der Waals surface area contributed by atoms with Gasteiger partial charge in [0.15, 0.2) is 11.4 Å². The molecule has 0 bridgehead atoms. The first-order chi connectivity index (χ1) is 20.8. The highest BCUT2D eigenvalue weighted by Gasteiger charge is 2.22. The van der Waals surface area contributed by atoms with Gasteiger partial charge in [0.05, 0.1) is 12.0 Å². The maximum atomic E-state index is 13.0. The number of alkyl carbamates (subject to hydrolysis) is 1. The molecule has 0 radical (unpaired) electrons. The number of fused-ring (bicyclic) bond motifs is 1. The molecule has 3 aromatic rings. The molecule has 14 nitrogen and oxygen atoms in total. The van der Waals surface area contributed by atoms with E-state index in [-0.39, 0.29) is 29.7 Å². The maximum Gasteiger partial charge on any atom is 0.437 e. The Balaban J connectivity index is 1.72. The Hall–Kier alpha value is -5.01. The van der Waals surface area contributed by atoms with Crippen molar-refractivity contribution in [2.75, 3.05) is 5.32 Å². The van der Waals surface area contributed by atoms with Crippen molar-refractivity contribution in [1.82, 2.24) is 19.9 Å². The molecule has 2 N–H and O–H groups in total. The number of hydrogen-bond donors (Lipinski definition) is 2. The van der Waals surface area contributed by atoms with Gasteiger partial charge in [0.2, 0.25) is 5.96 Å². The molecule has 1 aromatic carbocycles. The van der Waals surface area contributed by atoms with Gasteiger partial charge in [-0.05, 0) is 98.7 Å². The second kappa shape index (κ2) is 13.7. The minimum absolute atomic E-state index is 0.142. The van der Waals surface area contributed by atoms with Crippen molar-refractivity contribution in [3.8, 4) is 5.75 Å².